The van der Waals surface area contributed by atoms with Crippen LogP contribution in [0.2, 0.25) is 0 Å². The van der Waals surface area contributed by atoms with Gasteiger partial charge in [-0.05, 0) is 35.7 Å². The maximum absolute atomic E-state index is 9.49. The van der Waals surface area contributed by atoms with Gasteiger partial charge >= 0.3 is 0 Å². The van der Waals surface area contributed by atoms with E-state index >= 15 is 0 Å². The molecule has 124 valence electrons. The lowest BCUT2D eigenvalue weighted by Crippen LogP contribution is -2.12. The van der Waals surface area contributed by atoms with Gasteiger partial charge in [-0.2, -0.15) is 0 Å². The van der Waals surface area contributed by atoms with Gasteiger partial charge in [-0.3, -0.25) is 0 Å². The van der Waals surface area contributed by atoms with E-state index in [1.165, 1.54) is 0 Å². The highest BCUT2D eigenvalue weighted by Gasteiger charge is 2.07. The minimum absolute atomic E-state index is 0.00402. The van der Waals surface area contributed by atoms with Crippen LogP contribution in [0.25, 0.3) is 0 Å². The van der Waals surface area contributed by atoms with Gasteiger partial charge in [0.1, 0.15) is 24.7 Å². The second-order valence-corrected chi connectivity index (χ2v) is 6.12. The molecule has 5 heteroatoms. The number of alkyl halides is 2. The number of benzene rings is 2. The second-order valence-electron chi connectivity index (χ2n) is 5.20. The molecule has 0 aliphatic heterocycles. The van der Waals surface area contributed by atoms with E-state index in [-0.39, 0.29) is 12.0 Å². The SMILES string of the molecule is Cc1cccc(COc2cccc(OCC(Cl)CCl)c2)c1CO. The molecule has 2 aromatic rings. The minimum Gasteiger partial charge on any atom is -0.492 e. The monoisotopic (exact) mass is 354 g/mol. The third-order valence-corrected chi connectivity index (χ3v) is 4.27. The summed E-state index contributed by atoms with van der Waals surface area (Å²) in [5, 5.41) is 9.27. The van der Waals surface area contributed by atoms with E-state index in [1.54, 1.807) is 0 Å². The zero-order valence-corrected chi connectivity index (χ0v) is 14.5. The van der Waals surface area contributed by atoms with E-state index in [9.17, 15) is 5.11 Å². The number of halogens is 2. The number of hydrogen-bond acceptors (Lipinski definition) is 3. The molecule has 0 radical (unpaired) electrons. The molecule has 3 nitrogen and oxygen atoms in total. The van der Waals surface area contributed by atoms with Crippen molar-refractivity contribution >= 4 is 23.2 Å². The third kappa shape index (κ3) is 5.31. The van der Waals surface area contributed by atoms with Gasteiger partial charge < -0.3 is 14.6 Å². The summed E-state index contributed by atoms with van der Waals surface area (Å²) >= 11 is 11.6. The average Bonchev–Trinajstić information content (AvgIpc) is 2.58. The first-order valence-electron chi connectivity index (χ1n) is 7.38. The fourth-order valence-electron chi connectivity index (χ4n) is 2.17. The largest absolute Gasteiger partial charge is 0.492 e. The highest BCUT2D eigenvalue weighted by atomic mass is 35.5. The van der Waals surface area contributed by atoms with Gasteiger partial charge in [0.2, 0.25) is 0 Å². The van der Waals surface area contributed by atoms with Crippen LogP contribution in [0.15, 0.2) is 42.5 Å². The van der Waals surface area contributed by atoms with Crippen LogP contribution in [0.4, 0.5) is 0 Å². The van der Waals surface area contributed by atoms with Gasteiger partial charge in [-0.1, -0.05) is 24.3 Å². The Morgan fingerprint density at radius 3 is 2.48 bits per heavy atom. The highest BCUT2D eigenvalue weighted by molar-refractivity contribution is 6.28. The molecule has 0 aliphatic rings. The lowest BCUT2D eigenvalue weighted by Gasteiger charge is -2.13. The van der Waals surface area contributed by atoms with Crippen molar-refractivity contribution in [2.24, 2.45) is 0 Å². The summed E-state index contributed by atoms with van der Waals surface area (Å²) in [4.78, 5) is 0. The topological polar surface area (TPSA) is 38.7 Å². The predicted molar refractivity (Wildman–Crippen MR) is 93.7 cm³/mol. The Balaban J connectivity index is 2.00. The zero-order chi connectivity index (χ0) is 16.7. The highest BCUT2D eigenvalue weighted by Crippen LogP contribution is 2.22. The number of aryl methyl sites for hydroxylation is 1. The van der Waals surface area contributed by atoms with Crippen LogP contribution < -0.4 is 9.47 Å². The van der Waals surface area contributed by atoms with Gasteiger partial charge in [0.05, 0.1) is 12.0 Å². The van der Waals surface area contributed by atoms with Crippen molar-refractivity contribution in [3.05, 3.63) is 59.2 Å². The van der Waals surface area contributed by atoms with Crippen LogP contribution in [0, 0.1) is 6.92 Å². The number of rotatable bonds is 8. The third-order valence-electron chi connectivity index (χ3n) is 3.46. The fourth-order valence-corrected chi connectivity index (χ4v) is 2.32. The zero-order valence-electron chi connectivity index (χ0n) is 13.0. The molecule has 0 spiro atoms. The summed E-state index contributed by atoms with van der Waals surface area (Å²) in [7, 11) is 0. The number of hydrogen-bond donors (Lipinski definition) is 1. The van der Waals surface area contributed by atoms with Crippen molar-refractivity contribution < 1.29 is 14.6 Å². The smallest absolute Gasteiger partial charge is 0.123 e. The average molecular weight is 355 g/mol. The maximum atomic E-state index is 9.49. The molecule has 1 N–H and O–H groups in total. The summed E-state index contributed by atoms with van der Waals surface area (Å²) in [6.07, 6.45) is 0. The lowest BCUT2D eigenvalue weighted by molar-refractivity contribution is 0.267. The molecule has 0 amide bonds. The Hall–Kier alpha value is -1.42. The molecular formula is C18H20Cl2O3. The van der Waals surface area contributed by atoms with E-state index in [0.29, 0.717) is 30.6 Å². The van der Waals surface area contributed by atoms with Crippen molar-refractivity contribution in [2.75, 3.05) is 12.5 Å². The Kier molecular flexibility index (Phi) is 7.03. The summed E-state index contributed by atoms with van der Waals surface area (Å²) in [6, 6.07) is 13.3. The normalized spacial score (nSPS) is 12.0. The summed E-state index contributed by atoms with van der Waals surface area (Å²) in [5.74, 6) is 1.73. The molecule has 23 heavy (non-hydrogen) atoms. The van der Waals surface area contributed by atoms with Crippen molar-refractivity contribution in [3.63, 3.8) is 0 Å². The second kappa shape index (κ2) is 9.02. The summed E-state index contributed by atoms with van der Waals surface area (Å²) < 4.78 is 11.4. The van der Waals surface area contributed by atoms with Crippen LogP contribution >= 0.6 is 23.2 Å². The van der Waals surface area contributed by atoms with E-state index < -0.39 is 0 Å². The standard InChI is InChI=1S/C18H20Cl2O3/c1-13-4-2-5-14(18(13)10-21)11-22-16-6-3-7-17(8-16)23-12-15(20)9-19/h2-8,15,21H,9-12H2,1H3. The number of aliphatic hydroxyl groups excluding tert-OH is 1. The van der Waals surface area contributed by atoms with Crippen LogP contribution in [0.1, 0.15) is 16.7 Å². The molecular weight excluding hydrogens is 335 g/mol. The number of aliphatic hydroxyl groups is 1. The fraction of sp³-hybridized carbons (Fsp3) is 0.333. The van der Waals surface area contributed by atoms with E-state index in [0.717, 1.165) is 16.7 Å². The van der Waals surface area contributed by atoms with Gasteiger partial charge in [0.15, 0.2) is 0 Å². The van der Waals surface area contributed by atoms with E-state index in [4.69, 9.17) is 32.7 Å². The minimum atomic E-state index is -0.222. The number of ether oxygens (including phenoxy) is 2. The molecule has 0 aromatic heterocycles. The van der Waals surface area contributed by atoms with Gasteiger partial charge in [-0.15, -0.1) is 23.2 Å². The maximum Gasteiger partial charge on any atom is 0.123 e. The molecule has 1 unspecified atom stereocenters. The molecule has 0 aliphatic carbocycles. The predicted octanol–water partition coefficient (Wildman–Crippen LogP) is 4.29. The first-order valence-corrected chi connectivity index (χ1v) is 8.35. The van der Waals surface area contributed by atoms with Gasteiger partial charge in [-0.25, -0.2) is 0 Å². The first kappa shape index (κ1) is 17.9. The van der Waals surface area contributed by atoms with Crippen molar-refractivity contribution in [1.29, 1.82) is 0 Å². The van der Waals surface area contributed by atoms with Crippen molar-refractivity contribution in [3.8, 4) is 11.5 Å². The molecule has 1 atom stereocenters. The Morgan fingerprint density at radius 1 is 1.09 bits per heavy atom. The molecule has 2 aromatic carbocycles. The Labute approximate surface area is 146 Å². The van der Waals surface area contributed by atoms with Crippen LogP contribution in [-0.2, 0) is 13.2 Å². The molecule has 0 bridgehead atoms. The molecule has 2 rings (SSSR count). The molecule has 0 saturated heterocycles. The molecule has 0 saturated carbocycles. The van der Waals surface area contributed by atoms with Crippen LogP contribution in [0.3, 0.4) is 0 Å². The Bertz CT molecular complexity index is 631. The van der Waals surface area contributed by atoms with Crippen molar-refractivity contribution in [2.45, 2.75) is 25.5 Å². The van der Waals surface area contributed by atoms with Gasteiger partial charge in [0, 0.05) is 11.9 Å². The molecule has 0 fully saturated rings. The van der Waals surface area contributed by atoms with E-state index in [1.807, 2.05) is 49.4 Å². The molecule has 0 heterocycles. The lowest BCUT2D eigenvalue weighted by atomic mass is 10.0. The Morgan fingerprint density at radius 2 is 1.78 bits per heavy atom. The summed E-state index contributed by atoms with van der Waals surface area (Å²) in [6.45, 7) is 2.72. The summed E-state index contributed by atoms with van der Waals surface area (Å²) in [5.41, 5.74) is 2.94. The van der Waals surface area contributed by atoms with Gasteiger partial charge in [0.25, 0.3) is 0 Å². The van der Waals surface area contributed by atoms with Crippen LogP contribution in [-0.4, -0.2) is 23.0 Å². The quantitative estimate of drug-likeness (QED) is 0.718. The van der Waals surface area contributed by atoms with Crippen LogP contribution in [0.5, 0.6) is 11.5 Å². The first-order chi connectivity index (χ1) is 11.1. The van der Waals surface area contributed by atoms with Crippen molar-refractivity contribution in [1.82, 2.24) is 0 Å². The van der Waals surface area contributed by atoms with E-state index in [2.05, 4.69) is 0 Å².